The van der Waals surface area contributed by atoms with Gasteiger partial charge in [0.05, 0.1) is 5.56 Å². The summed E-state index contributed by atoms with van der Waals surface area (Å²) in [5, 5.41) is 1.92. The number of nitrogens with zero attached hydrogens (tertiary/aromatic N) is 1. The van der Waals surface area contributed by atoms with Gasteiger partial charge in [-0.05, 0) is 12.5 Å². The largest absolute Gasteiger partial charge is 0.345 e. The fourth-order valence-corrected chi connectivity index (χ4v) is 1.75. The lowest BCUT2D eigenvalue weighted by Gasteiger charge is -2.07. The van der Waals surface area contributed by atoms with Gasteiger partial charge in [-0.25, -0.2) is 0 Å². The smallest absolute Gasteiger partial charge is 0.254 e. The van der Waals surface area contributed by atoms with Gasteiger partial charge in [-0.2, -0.15) is 0 Å². The molecule has 0 saturated heterocycles. The summed E-state index contributed by atoms with van der Waals surface area (Å²) >= 11 is 1.65. The first-order chi connectivity index (χ1) is 5.65. The quantitative estimate of drug-likeness (QED) is 0.687. The molecule has 0 aliphatic rings. The minimum atomic E-state index is 0.0888. The van der Waals surface area contributed by atoms with Crippen molar-refractivity contribution in [1.82, 2.24) is 4.90 Å². The van der Waals surface area contributed by atoms with Gasteiger partial charge in [0.15, 0.2) is 0 Å². The van der Waals surface area contributed by atoms with Gasteiger partial charge in [0.25, 0.3) is 5.91 Å². The first kappa shape index (κ1) is 9.26. The summed E-state index contributed by atoms with van der Waals surface area (Å²) < 4.78 is 0. The number of rotatable bonds is 2. The average Bonchev–Trinajstić information content (AvgIpc) is 2.50. The Kier molecular flexibility index (Phi) is 2.87. The lowest BCUT2D eigenvalue weighted by Crippen LogP contribution is -2.20. The molecule has 1 rings (SSSR count). The molecule has 66 valence electrons. The fraction of sp³-hybridized carbons (Fsp3) is 0.444. The molecule has 12 heavy (non-hydrogen) atoms. The van der Waals surface area contributed by atoms with E-state index in [2.05, 4.69) is 6.92 Å². The highest BCUT2D eigenvalue weighted by Gasteiger charge is 2.09. The van der Waals surface area contributed by atoms with Crippen molar-refractivity contribution in [1.29, 1.82) is 0 Å². The molecular weight excluding hydrogens is 170 g/mol. The molecule has 0 N–H and O–H groups in total. The third-order valence-electron chi connectivity index (χ3n) is 1.66. The third-order valence-corrected chi connectivity index (χ3v) is 2.74. The maximum Gasteiger partial charge on any atom is 0.254 e. The Labute approximate surface area is 76.8 Å². The van der Waals surface area contributed by atoms with E-state index in [1.165, 1.54) is 4.88 Å². The summed E-state index contributed by atoms with van der Waals surface area (Å²) in [6, 6.07) is 1.97. The molecule has 0 aliphatic carbocycles. The molecule has 0 aliphatic heterocycles. The van der Waals surface area contributed by atoms with Gasteiger partial charge >= 0.3 is 0 Å². The van der Waals surface area contributed by atoms with Crippen molar-refractivity contribution < 1.29 is 4.79 Å². The summed E-state index contributed by atoms with van der Waals surface area (Å²) in [5.41, 5.74) is 0.807. The van der Waals surface area contributed by atoms with E-state index in [1.54, 1.807) is 30.3 Å². The van der Waals surface area contributed by atoms with Crippen molar-refractivity contribution >= 4 is 17.2 Å². The Morgan fingerprint density at radius 2 is 2.25 bits per heavy atom. The van der Waals surface area contributed by atoms with Crippen LogP contribution in [-0.4, -0.2) is 24.9 Å². The SMILES string of the molecule is CCc1cc(C(=O)N(C)C)cs1. The summed E-state index contributed by atoms with van der Waals surface area (Å²) in [6.07, 6.45) is 1.01. The van der Waals surface area contributed by atoms with Gasteiger partial charge in [-0.1, -0.05) is 6.92 Å². The standard InChI is InChI=1S/C9H13NOS/c1-4-8-5-7(6-12-8)9(11)10(2)3/h5-6H,4H2,1-3H3. The van der Waals surface area contributed by atoms with Crippen LogP contribution in [0.1, 0.15) is 22.2 Å². The second-order valence-corrected chi connectivity index (χ2v) is 3.85. The van der Waals surface area contributed by atoms with Gasteiger partial charge in [-0.15, -0.1) is 11.3 Å². The molecule has 3 heteroatoms. The Bertz CT molecular complexity index is 278. The molecule has 1 aromatic heterocycles. The van der Waals surface area contributed by atoms with Crippen LogP contribution in [-0.2, 0) is 6.42 Å². The molecule has 0 unspecified atom stereocenters. The molecule has 0 radical (unpaired) electrons. The lowest BCUT2D eigenvalue weighted by molar-refractivity contribution is 0.0828. The zero-order chi connectivity index (χ0) is 9.14. The number of thiophene rings is 1. The van der Waals surface area contributed by atoms with E-state index in [0.29, 0.717) is 0 Å². The van der Waals surface area contributed by atoms with Crippen molar-refractivity contribution in [2.75, 3.05) is 14.1 Å². The van der Waals surface area contributed by atoms with Gasteiger partial charge in [0.1, 0.15) is 0 Å². The molecule has 0 bridgehead atoms. The molecule has 0 spiro atoms. The number of hydrogen-bond donors (Lipinski definition) is 0. The van der Waals surface area contributed by atoms with Crippen LogP contribution in [0.5, 0.6) is 0 Å². The summed E-state index contributed by atoms with van der Waals surface area (Å²) in [7, 11) is 3.54. The molecule has 0 atom stereocenters. The van der Waals surface area contributed by atoms with E-state index < -0.39 is 0 Å². The molecule has 2 nitrogen and oxygen atoms in total. The van der Waals surface area contributed by atoms with Crippen LogP contribution >= 0.6 is 11.3 Å². The van der Waals surface area contributed by atoms with Crippen LogP contribution < -0.4 is 0 Å². The fourth-order valence-electron chi connectivity index (χ4n) is 0.936. The second-order valence-electron chi connectivity index (χ2n) is 2.85. The predicted molar refractivity (Wildman–Crippen MR) is 51.7 cm³/mol. The van der Waals surface area contributed by atoms with E-state index in [9.17, 15) is 4.79 Å². The van der Waals surface area contributed by atoms with Gasteiger partial charge in [0, 0.05) is 24.4 Å². The highest BCUT2D eigenvalue weighted by atomic mass is 32.1. The van der Waals surface area contributed by atoms with Crippen LogP contribution in [0.4, 0.5) is 0 Å². The number of hydrogen-bond acceptors (Lipinski definition) is 2. The molecule has 0 saturated carbocycles. The maximum atomic E-state index is 11.4. The summed E-state index contributed by atoms with van der Waals surface area (Å²) in [5.74, 6) is 0.0888. The molecule has 0 fully saturated rings. The van der Waals surface area contributed by atoms with Crippen LogP contribution in [0.3, 0.4) is 0 Å². The Morgan fingerprint density at radius 3 is 2.67 bits per heavy atom. The first-order valence-corrected chi connectivity index (χ1v) is 4.82. The van der Waals surface area contributed by atoms with Crippen LogP contribution in [0.2, 0.25) is 0 Å². The van der Waals surface area contributed by atoms with Crippen molar-refractivity contribution in [3.8, 4) is 0 Å². The van der Waals surface area contributed by atoms with Crippen LogP contribution in [0.15, 0.2) is 11.4 Å². The van der Waals surface area contributed by atoms with E-state index >= 15 is 0 Å². The number of aryl methyl sites for hydroxylation is 1. The summed E-state index contributed by atoms with van der Waals surface area (Å²) in [4.78, 5) is 14.3. The Hall–Kier alpha value is -0.830. The normalized spacial score (nSPS) is 9.92. The summed E-state index contributed by atoms with van der Waals surface area (Å²) in [6.45, 7) is 2.09. The maximum absolute atomic E-state index is 11.4. The number of amides is 1. The molecular formula is C9H13NOS. The minimum absolute atomic E-state index is 0.0888. The average molecular weight is 183 g/mol. The third kappa shape index (κ3) is 1.85. The molecule has 0 aromatic carbocycles. The molecule has 1 amide bonds. The van der Waals surface area contributed by atoms with E-state index in [0.717, 1.165) is 12.0 Å². The minimum Gasteiger partial charge on any atom is -0.345 e. The molecule has 1 aromatic rings. The van der Waals surface area contributed by atoms with Crippen LogP contribution in [0.25, 0.3) is 0 Å². The first-order valence-electron chi connectivity index (χ1n) is 3.94. The van der Waals surface area contributed by atoms with E-state index in [-0.39, 0.29) is 5.91 Å². The van der Waals surface area contributed by atoms with Crippen LogP contribution in [0, 0.1) is 0 Å². The van der Waals surface area contributed by atoms with Crippen molar-refractivity contribution in [2.45, 2.75) is 13.3 Å². The monoisotopic (exact) mass is 183 g/mol. The highest BCUT2D eigenvalue weighted by Crippen LogP contribution is 2.15. The van der Waals surface area contributed by atoms with Gasteiger partial charge in [-0.3, -0.25) is 4.79 Å². The highest BCUT2D eigenvalue weighted by molar-refractivity contribution is 7.10. The number of carbonyl (C=O) groups excluding carboxylic acids is 1. The molecule has 1 heterocycles. The lowest BCUT2D eigenvalue weighted by atomic mass is 10.2. The van der Waals surface area contributed by atoms with Gasteiger partial charge < -0.3 is 4.90 Å². The zero-order valence-corrected chi connectivity index (χ0v) is 8.44. The van der Waals surface area contributed by atoms with Gasteiger partial charge in [0.2, 0.25) is 0 Å². The van der Waals surface area contributed by atoms with E-state index in [4.69, 9.17) is 0 Å². The Morgan fingerprint density at radius 1 is 1.58 bits per heavy atom. The van der Waals surface area contributed by atoms with Crippen molar-refractivity contribution in [2.24, 2.45) is 0 Å². The van der Waals surface area contributed by atoms with Crippen molar-refractivity contribution in [3.63, 3.8) is 0 Å². The Balaban J connectivity index is 2.82. The zero-order valence-electron chi connectivity index (χ0n) is 7.63. The second kappa shape index (κ2) is 3.72. The predicted octanol–water partition coefficient (Wildman–Crippen LogP) is 2.01. The number of carbonyl (C=O) groups is 1. The van der Waals surface area contributed by atoms with Crippen molar-refractivity contribution in [3.05, 3.63) is 21.9 Å². The van der Waals surface area contributed by atoms with E-state index in [1.807, 2.05) is 11.4 Å². The topological polar surface area (TPSA) is 20.3 Å².